The third-order valence-corrected chi connectivity index (χ3v) is 7.51. The van der Waals surface area contributed by atoms with Crippen LogP contribution in [0.5, 0.6) is 0 Å². The standard InChI is InChI=1S/C29H25N3O5/c1-2-29(36)21-14-24-26-19(13-17-12-18(30)8-9-22(17)31-26)23(10-11-25(33)16-6-4-3-5-7-16)32(24)27(34)20(21)15-37-28(29)35/h3-9,12-14,23,36H,2,10-11,15,30H2,1H3/t23?,29-/m0/s1. The highest BCUT2D eigenvalue weighted by Crippen LogP contribution is 2.44. The molecule has 8 nitrogen and oxygen atoms in total. The monoisotopic (exact) mass is 495 g/mol. The Morgan fingerprint density at radius 1 is 1.16 bits per heavy atom. The Balaban J connectivity index is 1.53. The minimum absolute atomic E-state index is 0.0195. The number of Topliss-reactive ketones (excluding diaryl/α,β-unsaturated/α-hetero) is 1. The highest BCUT2D eigenvalue weighted by atomic mass is 16.6. The van der Waals surface area contributed by atoms with Crippen LogP contribution in [0, 0.1) is 0 Å². The number of ether oxygens (including phenoxy) is 1. The molecule has 0 fully saturated rings. The largest absolute Gasteiger partial charge is 0.458 e. The van der Waals surface area contributed by atoms with Gasteiger partial charge in [0.1, 0.15) is 6.61 Å². The molecule has 0 saturated heterocycles. The number of fused-ring (bicyclic) bond motifs is 5. The van der Waals surface area contributed by atoms with Gasteiger partial charge in [-0.3, -0.25) is 14.2 Å². The molecule has 37 heavy (non-hydrogen) atoms. The molecule has 0 radical (unpaired) electrons. The summed E-state index contributed by atoms with van der Waals surface area (Å²) in [6.45, 7) is 1.46. The number of hydrogen-bond donors (Lipinski definition) is 2. The topological polar surface area (TPSA) is 125 Å². The molecule has 2 aliphatic heterocycles. The Bertz CT molecular complexity index is 1660. The maximum absolute atomic E-state index is 13.9. The quantitative estimate of drug-likeness (QED) is 0.245. The van der Waals surface area contributed by atoms with Gasteiger partial charge >= 0.3 is 5.97 Å². The Labute approximate surface area is 212 Å². The number of benzene rings is 2. The van der Waals surface area contributed by atoms with Gasteiger partial charge in [0.15, 0.2) is 11.4 Å². The molecule has 2 aromatic carbocycles. The number of nitrogen functional groups attached to an aromatic ring is 1. The molecule has 8 heteroatoms. The zero-order chi connectivity index (χ0) is 25.9. The molecule has 0 amide bonds. The van der Waals surface area contributed by atoms with Gasteiger partial charge in [0.2, 0.25) is 0 Å². The van der Waals surface area contributed by atoms with E-state index in [1.807, 2.05) is 36.4 Å². The van der Waals surface area contributed by atoms with Gasteiger partial charge in [-0.25, -0.2) is 9.78 Å². The minimum Gasteiger partial charge on any atom is -0.458 e. The van der Waals surface area contributed by atoms with E-state index in [1.54, 1.807) is 35.8 Å². The maximum Gasteiger partial charge on any atom is 0.343 e. The van der Waals surface area contributed by atoms with Crippen LogP contribution < -0.4 is 11.3 Å². The van der Waals surface area contributed by atoms with Gasteiger partial charge in [-0.1, -0.05) is 37.3 Å². The number of ketones is 1. The van der Waals surface area contributed by atoms with E-state index in [9.17, 15) is 19.5 Å². The van der Waals surface area contributed by atoms with E-state index in [0.717, 1.165) is 10.9 Å². The zero-order valence-corrected chi connectivity index (χ0v) is 20.2. The lowest BCUT2D eigenvalue weighted by Crippen LogP contribution is -2.44. The first-order chi connectivity index (χ1) is 17.8. The van der Waals surface area contributed by atoms with Crippen LogP contribution in [-0.2, 0) is 21.7 Å². The van der Waals surface area contributed by atoms with Crippen LogP contribution in [-0.4, -0.2) is 26.4 Å². The van der Waals surface area contributed by atoms with Crippen LogP contribution in [0.1, 0.15) is 59.3 Å². The Hall–Kier alpha value is -4.30. The van der Waals surface area contributed by atoms with Gasteiger partial charge in [0.05, 0.1) is 28.5 Å². The second-order valence-corrected chi connectivity index (χ2v) is 9.61. The van der Waals surface area contributed by atoms with Gasteiger partial charge in [-0.15, -0.1) is 0 Å². The number of hydrogen-bond acceptors (Lipinski definition) is 7. The number of esters is 1. The van der Waals surface area contributed by atoms with Crippen molar-refractivity contribution in [3.05, 3.63) is 93.3 Å². The van der Waals surface area contributed by atoms with Crippen LogP contribution in [0.25, 0.3) is 22.3 Å². The second kappa shape index (κ2) is 8.38. The van der Waals surface area contributed by atoms with Crippen LogP contribution in [0.4, 0.5) is 5.69 Å². The predicted octanol–water partition coefficient (Wildman–Crippen LogP) is 3.87. The highest BCUT2D eigenvalue weighted by Gasteiger charge is 2.46. The molecule has 1 unspecified atom stereocenters. The average Bonchev–Trinajstić information content (AvgIpc) is 3.21. The third-order valence-electron chi connectivity index (χ3n) is 7.51. The molecule has 0 bridgehead atoms. The predicted molar refractivity (Wildman–Crippen MR) is 138 cm³/mol. The molecule has 0 saturated carbocycles. The Morgan fingerprint density at radius 3 is 2.70 bits per heavy atom. The molecule has 186 valence electrons. The molecule has 0 aliphatic carbocycles. The zero-order valence-electron chi connectivity index (χ0n) is 20.2. The van der Waals surface area contributed by atoms with Crippen molar-refractivity contribution in [2.45, 2.75) is 44.4 Å². The van der Waals surface area contributed by atoms with E-state index in [0.29, 0.717) is 34.6 Å². The van der Waals surface area contributed by atoms with Crippen LogP contribution in [0.3, 0.4) is 0 Å². The van der Waals surface area contributed by atoms with E-state index >= 15 is 0 Å². The number of nitrogens with zero attached hydrogens (tertiary/aromatic N) is 2. The second-order valence-electron chi connectivity index (χ2n) is 9.61. The van der Waals surface area contributed by atoms with Crippen molar-refractivity contribution < 1.29 is 19.4 Å². The Kier molecular flexibility index (Phi) is 5.24. The first kappa shape index (κ1) is 23.1. The van der Waals surface area contributed by atoms with E-state index in [2.05, 4.69) is 0 Å². The molecule has 4 aromatic rings. The fourth-order valence-electron chi connectivity index (χ4n) is 5.50. The lowest BCUT2D eigenvalue weighted by Gasteiger charge is -2.32. The van der Waals surface area contributed by atoms with Crippen molar-refractivity contribution in [3.8, 4) is 11.4 Å². The normalized spacial score (nSPS) is 19.7. The highest BCUT2D eigenvalue weighted by molar-refractivity contribution is 5.96. The number of nitrogens with two attached hydrogens (primary N) is 1. The van der Waals surface area contributed by atoms with E-state index in [4.69, 9.17) is 15.5 Å². The van der Waals surface area contributed by atoms with Crippen molar-refractivity contribution in [1.82, 2.24) is 9.55 Å². The van der Waals surface area contributed by atoms with Crippen molar-refractivity contribution in [1.29, 1.82) is 0 Å². The van der Waals surface area contributed by atoms with Crippen LogP contribution >= 0.6 is 0 Å². The van der Waals surface area contributed by atoms with E-state index in [1.165, 1.54) is 0 Å². The molecule has 4 heterocycles. The molecule has 0 spiro atoms. The van der Waals surface area contributed by atoms with Gasteiger partial charge in [0, 0.05) is 34.2 Å². The van der Waals surface area contributed by atoms with Crippen molar-refractivity contribution >= 4 is 28.3 Å². The summed E-state index contributed by atoms with van der Waals surface area (Å²) >= 11 is 0. The summed E-state index contributed by atoms with van der Waals surface area (Å²) in [6.07, 6.45) is 0.660. The van der Waals surface area contributed by atoms with Crippen molar-refractivity contribution in [2.24, 2.45) is 0 Å². The molecule has 2 atom stereocenters. The van der Waals surface area contributed by atoms with Crippen molar-refractivity contribution in [2.75, 3.05) is 5.73 Å². The van der Waals surface area contributed by atoms with Gasteiger partial charge in [-0.2, -0.15) is 0 Å². The summed E-state index contributed by atoms with van der Waals surface area (Å²) in [4.78, 5) is 44.2. The van der Waals surface area contributed by atoms with Gasteiger partial charge in [0.25, 0.3) is 5.56 Å². The molecular formula is C29H25N3O5. The maximum atomic E-state index is 13.9. The molecule has 2 aliphatic rings. The van der Waals surface area contributed by atoms with E-state index < -0.39 is 17.6 Å². The smallest absolute Gasteiger partial charge is 0.343 e. The fraction of sp³-hybridized carbons (Fsp3) is 0.241. The summed E-state index contributed by atoms with van der Waals surface area (Å²) < 4.78 is 6.84. The number of aliphatic hydroxyl groups is 1. The van der Waals surface area contributed by atoms with Gasteiger partial charge in [-0.05, 0) is 43.2 Å². The van der Waals surface area contributed by atoms with Gasteiger partial charge < -0.3 is 15.6 Å². The summed E-state index contributed by atoms with van der Waals surface area (Å²) in [5.41, 5.74) is 8.06. The summed E-state index contributed by atoms with van der Waals surface area (Å²) in [5.74, 6) is -0.786. The number of pyridine rings is 2. The average molecular weight is 496 g/mol. The first-order valence-electron chi connectivity index (χ1n) is 12.3. The molecule has 6 rings (SSSR count). The number of carbonyl (C=O) groups is 2. The fourth-order valence-corrected chi connectivity index (χ4v) is 5.50. The summed E-state index contributed by atoms with van der Waals surface area (Å²) in [6, 6.07) is 17.7. The number of cyclic esters (lactones) is 1. The number of rotatable bonds is 5. The summed E-state index contributed by atoms with van der Waals surface area (Å²) in [7, 11) is 0. The van der Waals surface area contributed by atoms with E-state index in [-0.39, 0.29) is 41.9 Å². The third kappa shape index (κ3) is 3.48. The van der Waals surface area contributed by atoms with Crippen LogP contribution in [0.2, 0.25) is 0 Å². The number of anilines is 1. The molecule has 2 aromatic heterocycles. The van der Waals surface area contributed by atoms with Crippen LogP contribution in [0.15, 0.2) is 65.5 Å². The first-order valence-corrected chi connectivity index (χ1v) is 12.3. The lowest BCUT2D eigenvalue weighted by molar-refractivity contribution is -0.172. The Morgan fingerprint density at radius 2 is 1.95 bits per heavy atom. The van der Waals surface area contributed by atoms with Crippen molar-refractivity contribution in [3.63, 3.8) is 0 Å². The summed E-state index contributed by atoms with van der Waals surface area (Å²) in [5, 5.41) is 12.0. The number of carbonyl (C=O) groups excluding carboxylic acids is 2. The molecular weight excluding hydrogens is 470 g/mol. The number of aromatic nitrogens is 2. The minimum atomic E-state index is -1.91. The SMILES string of the molecule is CC[C@@]1(O)C(=O)OCc2c1cc1n(c2=O)C(CCC(=O)c2ccccc2)c2cc3cc(N)ccc3nc2-1. The lowest BCUT2D eigenvalue weighted by atomic mass is 9.86. The molecule has 3 N–H and O–H groups in total.